The number of rotatable bonds is 6. The summed E-state index contributed by atoms with van der Waals surface area (Å²) in [6, 6.07) is -1.55. The zero-order valence-corrected chi connectivity index (χ0v) is 8.12. The number of urea groups is 1. The molecule has 14 heavy (non-hydrogen) atoms. The van der Waals surface area contributed by atoms with Crippen LogP contribution in [0.5, 0.6) is 0 Å². The number of aliphatic hydroxyl groups excluding tert-OH is 1. The molecule has 6 nitrogen and oxygen atoms in total. The van der Waals surface area contributed by atoms with E-state index in [1.165, 1.54) is 0 Å². The average Bonchev–Trinajstić information content (AvgIpc) is 2.14. The lowest BCUT2D eigenvalue weighted by molar-refractivity contribution is -0.139. The Labute approximate surface area is 82.3 Å². The first kappa shape index (κ1) is 12.7. The Morgan fingerprint density at radius 2 is 2.07 bits per heavy atom. The molecule has 2 amide bonds. The van der Waals surface area contributed by atoms with Gasteiger partial charge in [0.1, 0.15) is 6.04 Å². The van der Waals surface area contributed by atoms with E-state index in [4.69, 9.17) is 10.2 Å². The maximum absolute atomic E-state index is 11.0. The maximum atomic E-state index is 11.0. The van der Waals surface area contributed by atoms with E-state index in [2.05, 4.69) is 10.6 Å². The first-order chi connectivity index (χ1) is 6.61. The van der Waals surface area contributed by atoms with Crippen molar-refractivity contribution in [2.45, 2.75) is 25.8 Å². The summed E-state index contributed by atoms with van der Waals surface area (Å²) in [5, 5.41) is 21.9. The van der Waals surface area contributed by atoms with E-state index < -0.39 is 18.0 Å². The molecular weight excluding hydrogens is 188 g/mol. The Bertz CT molecular complexity index is 196. The van der Waals surface area contributed by atoms with Crippen molar-refractivity contribution < 1.29 is 19.8 Å². The van der Waals surface area contributed by atoms with Crippen molar-refractivity contribution in [1.29, 1.82) is 0 Å². The summed E-state index contributed by atoms with van der Waals surface area (Å²) >= 11 is 0. The molecular formula is C8H16N2O4. The average molecular weight is 204 g/mol. The van der Waals surface area contributed by atoms with Crippen molar-refractivity contribution in [3.63, 3.8) is 0 Å². The molecule has 0 fully saturated rings. The van der Waals surface area contributed by atoms with Gasteiger partial charge in [0.2, 0.25) is 0 Å². The van der Waals surface area contributed by atoms with Crippen LogP contribution in [-0.4, -0.2) is 41.4 Å². The molecule has 0 aromatic rings. The molecule has 0 aromatic heterocycles. The number of aliphatic carboxylic acids is 1. The summed E-state index contributed by atoms with van der Waals surface area (Å²) < 4.78 is 0. The lowest BCUT2D eigenvalue weighted by Crippen LogP contribution is -2.46. The molecule has 0 bridgehead atoms. The minimum Gasteiger partial charge on any atom is -0.480 e. The van der Waals surface area contributed by atoms with Gasteiger partial charge in [0.05, 0.1) is 0 Å². The SMILES string of the molecule is CCCNC(=O)N[C@@H](CCO)C(=O)O. The van der Waals surface area contributed by atoms with Crippen LogP contribution in [0.15, 0.2) is 0 Å². The Morgan fingerprint density at radius 3 is 2.50 bits per heavy atom. The van der Waals surface area contributed by atoms with Crippen molar-refractivity contribution >= 4 is 12.0 Å². The fraction of sp³-hybridized carbons (Fsp3) is 0.750. The van der Waals surface area contributed by atoms with Crippen molar-refractivity contribution in [1.82, 2.24) is 10.6 Å². The molecule has 0 aromatic carbocycles. The number of amides is 2. The number of carboxylic acids is 1. The van der Waals surface area contributed by atoms with Gasteiger partial charge >= 0.3 is 12.0 Å². The highest BCUT2D eigenvalue weighted by Gasteiger charge is 2.18. The summed E-state index contributed by atoms with van der Waals surface area (Å²) in [6.07, 6.45) is 0.792. The second-order valence-corrected chi connectivity index (χ2v) is 2.80. The first-order valence-corrected chi connectivity index (χ1v) is 4.49. The number of carbonyl (C=O) groups excluding carboxylic acids is 1. The highest BCUT2D eigenvalue weighted by molar-refractivity contribution is 5.82. The molecule has 0 aliphatic rings. The Kier molecular flexibility index (Phi) is 6.47. The third kappa shape index (κ3) is 5.36. The van der Waals surface area contributed by atoms with Crippen LogP contribution in [0, 0.1) is 0 Å². The van der Waals surface area contributed by atoms with Crippen LogP contribution in [0.25, 0.3) is 0 Å². The zero-order valence-electron chi connectivity index (χ0n) is 8.12. The third-order valence-electron chi connectivity index (χ3n) is 1.56. The van der Waals surface area contributed by atoms with Gasteiger partial charge in [-0.25, -0.2) is 9.59 Å². The lowest BCUT2D eigenvalue weighted by atomic mass is 10.2. The van der Waals surface area contributed by atoms with E-state index in [1.807, 2.05) is 6.92 Å². The smallest absolute Gasteiger partial charge is 0.326 e. The zero-order chi connectivity index (χ0) is 11.0. The fourth-order valence-electron chi connectivity index (χ4n) is 0.834. The number of hydrogen-bond donors (Lipinski definition) is 4. The quantitative estimate of drug-likeness (QED) is 0.470. The number of hydrogen-bond acceptors (Lipinski definition) is 3. The van der Waals surface area contributed by atoms with Gasteiger partial charge in [-0.3, -0.25) is 0 Å². The van der Waals surface area contributed by atoms with Crippen LogP contribution in [0.2, 0.25) is 0 Å². The summed E-state index contributed by atoms with van der Waals surface area (Å²) in [7, 11) is 0. The standard InChI is InChI=1S/C8H16N2O4/c1-2-4-9-8(14)10-6(3-5-11)7(12)13/h6,11H,2-5H2,1H3,(H,12,13)(H2,9,10,14)/t6-/m0/s1. The van der Waals surface area contributed by atoms with E-state index in [1.54, 1.807) is 0 Å². The summed E-state index contributed by atoms with van der Waals surface area (Å²) in [5.41, 5.74) is 0. The Balaban J connectivity index is 3.90. The van der Waals surface area contributed by atoms with Crippen LogP contribution in [0.4, 0.5) is 4.79 Å². The molecule has 0 heterocycles. The van der Waals surface area contributed by atoms with Gasteiger partial charge in [-0.05, 0) is 6.42 Å². The first-order valence-electron chi connectivity index (χ1n) is 4.49. The molecule has 82 valence electrons. The summed E-state index contributed by atoms with van der Waals surface area (Å²) in [4.78, 5) is 21.6. The molecule has 0 aliphatic heterocycles. The molecule has 6 heteroatoms. The van der Waals surface area contributed by atoms with Crippen molar-refractivity contribution in [2.75, 3.05) is 13.2 Å². The lowest BCUT2D eigenvalue weighted by Gasteiger charge is -2.13. The van der Waals surface area contributed by atoms with Crippen LogP contribution in [-0.2, 0) is 4.79 Å². The number of carboxylic acid groups (broad SMARTS) is 1. The highest BCUT2D eigenvalue weighted by atomic mass is 16.4. The van der Waals surface area contributed by atoms with E-state index in [0.717, 1.165) is 6.42 Å². The molecule has 0 spiro atoms. The van der Waals surface area contributed by atoms with Crippen LogP contribution in [0.1, 0.15) is 19.8 Å². The second kappa shape index (κ2) is 7.14. The van der Waals surface area contributed by atoms with Gasteiger partial charge in [-0.2, -0.15) is 0 Å². The van der Waals surface area contributed by atoms with Gasteiger partial charge < -0.3 is 20.8 Å². The molecule has 0 aliphatic carbocycles. The molecule has 0 rings (SSSR count). The largest absolute Gasteiger partial charge is 0.480 e. The molecule has 0 unspecified atom stereocenters. The number of nitrogens with one attached hydrogen (secondary N) is 2. The molecule has 0 radical (unpaired) electrons. The minimum absolute atomic E-state index is 0.00881. The molecule has 1 atom stereocenters. The van der Waals surface area contributed by atoms with E-state index in [0.29, 0.717) is 6.54 Å². The summed E-state index contributed by atoms with van der Waals surface area (Å²) in [5.74, 6) is -1.15. The second-order valence-electron chi connectivity index (χ2n) is 2.80. The van der Waals surface area contributed by atoms with Crippen molar-refractivity contribution in [2.24, 2.45) is 0 Å². The van der Waals surface area contributed by atoms with Gasteiger partial charge in [0.15, 0.2) is 0 Å². The van der Waals surface area contributed by atoms with E-state index in [-0.39, 0.29) is 13.0 Å². The van der Waals surface area contributed by atoms with Gasteiger partial charge in [-0.15, -0.1) is 0 Å². The number of carbonyl (C=O) groups is 2. The highest BCUT2D eigenvalue weighted by Crippen LogP contribution is 1.90. The van der Waals surface area contributed by atoms with Crippen LogP contribution >= 0.6 is 0 Å². The van der Waals surface area contributed by atoms with Gasteiger partial charge in [-0.1, -0.05) is 6.92 Å². The fourth-order valence-corrected chi connectivity index (χ4v) is 0.834. The van der Waals surface area contributed by atoms with Crippen molar-refractivity contribution in [3.8, 4) is 0 Å². The van der Waals surface area contributed by atoms with E-state index in [9.17, 15) is 9.59 Å². The monoisotopic (exact) mass is 204 g/mol. The van der Waals surface area contributed by atoms with E-state index >= 15 is 0 Å². The van der Waals surface area contributed by atoms with Crippen LogP contribution < -0.4 is 10.6 Å². The topological polar surface area (TPSA) is 98.7 Å². The van der Waals surface area contributed by atoms with Gasteiger partial charge in [0.25, 0.3) is 0 Å². The maximum Gasteiger partial charge on any atom is 0.326 e. The molecule has 4 N–H and O–H groups in total. The number of aliphatic hydroxyl groups is 1. The predicted molar refractivity (Wildman–Crippen MR) is 50.0 cm³/mol. The van der Waals surface area contributed by atoms with Crippen LogP contribution in [0.3, 0.4) is 0 Å². The molecule has 0 saturated heterocycles. The minimum atomic E-state index is -1.15. The van der Waals surface area contributed by atoms with Crippen molar-refractivity contribution in [3.05, 3.63) is 0 Å². The summed E-state index contributed by atoms with van der Waals surface area (Å²) in [6.45, 7) is 2.12. The Morgan fingerprint density at radius 1 is 1.43 bits per heavy atom. The Hall–Kier alpha value is -1.30. The normalized spacial score (nSPS) is 11.9. The van der Waals surface area contributed by atoms with Gasteiger partial charge in [0, 0.05) is 19.6 Å². The third-order valence-corrected chi connectivity index (χ3v) is 1.56. The molecule has 0 saturated carbocycles. The predicted octanol–water partition coefficient (Wildman–Crippen LogP) is -0.469.